The average molecular weight is 1210 g/mol. The van der Waals surface area contributed by atoms with Crippen LogP contribution in [-0.4, -0.2) is 362 Å². The van der Waals surface area contributed by atoms with E-state index in [1.807, 2.05) is 0 Å². The van der Waals surface area contributed by atoms with Crippen LogP contribution in [0.4, 0.5) is 0 Å². The summed E-state index contributed by atoms with van der Waals surface area (Å²) in [4.78, 5) is 25.7. The molecule has 0 aromatic rings. The van der Waals surface area contributed by atoms with Gasteiger partial charge >= 0.3 is 0 Å². The van der Waals surface area contributed by atoms with Gasteiger partial charge < -0.3 is 170 Å². The summed E-state index contributed by atoms with van der Waals surface area (Å²) in [5.41, 5.74) is 0. The highest BCUT2D eigenvalue weighted by Crippen LogP contribution is 2.39. The fourth-order valence-electron chi connectivity index (χ4n) is 10.3. The van der Waals surface area contributed by atoms with Crippen LogP contribution in [0.2, 0.25) is 0 Å². The molecule has 0 aromatic carbocycles. The van der Waals surface area contributed by atoms with Gasteiger partial charge in [-0.15, -0.1) is 0 Å². The Kier molecular flexibility index (Phi) is 25.2. The monoisotopic (exact) mass is 1200 g/mol. The first-order valence-electron chi connectivity index (χ1n) is 26.3. The lowest BCUT2D eigenvalue weighted by Gasteiger charge is -2.52. The molecule has 0 saturated carbocycles. The third kappa shape index (κ3) is 15.1. The Labute approximate surface area is 466 Å². The lowest BCUT2D eigenvalue weighted by atomic mass is 9.93. The summed E-state index contributed by atoms with van der Waals surface area (Å²) in [6.45, 7) is -1.99. The van der Waals surface area contributed by atoms with E-state index in [1.54, 1.807) is 0 Å². The maximum Gasteiger partial charge on any atom is 0.217 e. The summed E-state index contributed by atoms with van der Waals surface area (Å²) < 4.78 is 70.9. The topological polar surface area (TPSA) is 574 Å². The summed E-state index contributed by atoms with van der Waals surface area (Å²) >= 11 is 0. The molecular weight excluding hydrogens is 1120 g/mol. The predicted molar refractivity (Wildman–Crippen MR) is 254 cm³/mol. The van der Waals surface area contributed by atoms with Crippen molar-refractivity contribution >= 4 is 11.8 Å². The van der Waals surface area contributed by atoms with E-state index >= 15 is 0 Å². The molecule has 6 heterocycles. The number of nitrogens with one attached hydrogen (secondary N) is 2. The molecule has 6 aliphatic heterocycles. The first-order valence-corrected chi connectivity index (χ1v) is 26.3. The van der Waals surface area contributed by atoms with Crippen LogP contribution in [0.15, 0.2) is 0 Å². The molecule has 34 atom stereocenters. The van der Waals surface area contributed by atoms with Gasteiger partial charge in [-0.3, -0.25) is 9.59 Å². The fourth-order valence-corrected chi connectivity index (χ4v) is 10.3. The number of hydrogen-bond donors (Lipinski definition) is 22. The summed E-state index contributed by atoms with van der Waals surface area (Å²) in [5, 5.41) is 220. The van der Waals surface area contributed by atoms with Crippen molar-refractivity contribution in [3.63, 3.8) is 0 Å². The van der Waals surface area contributed by atoms with Crippen LogP contribution in [0.3, 0.4) is 0 Å². The zero-order valence-electron chi connectivity index (χ0n) is 44.5. The number of amides is 2. The van der Waals surface area contributed by atoms with Crippen molar-refractivity contribution in [2.75, 3.05) is 39.6 Å². The smallest absolute Gasteiger partial charge is 0.217 e. The van der Waals surface area contributed by atoms with Crippen molar-refractivity contribution in [2.24, 2.45) is 0 Å². The molecule has 0 spiro atoms. The molecule has 22 N–H and O–H groups in total. The van der Waals surface area contributed by atoms with E-state index in [4.69, 9.17) is 56.8 Å². The van der Waals surface area contributed by atoms with Gasteiger partial charge in [0.1, 0.15) is 159 Å². The SMILES string of the molecule is CC(=O)N[C@H]1[C@H](O[C@@H]([C@H](O)[C@@H](O)CO)[C@H](O)CO)O[C@H](CO)[C@@H](O[C@@H]2O[C@H](CO)[C@H](O)[C@H](O[C@@H]3O[C@H](CO)[C@@H](O[C@@H]4O[C@H](CO)[C@H](O)[C@H](O)[C@H]4O[C@@H]4O[C@@H](C)[C@@H](O)[C@@H](O)[C@@H]4O)[C@H](O[C@@H]4O[C@@H](C)[C@@H](O)[C@@H](O)[C@@H]4O)[C@H]3NC(C)=O)[C@H]2O)[C@@H]1O. The average Bonchev–Trinajstić information content (AvgIpc) is 3.61. The molecule has 36 nitrogen and oxygen atoms in total. The minimum absolute atomic E-state index is 0.871. The van der Waals surface area contributed by atoms with Crippen LogP contribution >= 0.6 is 0 Å². The predicted octanol–water partition coefficient (Wildman–Crippen LogP) is -14.3. The van der Waals surface area contributed by atoms with Gasteiger partial charge in [0, 0.05) is 13.8 Å². The second-order valence-electron chi connectivity index (χ2n) is 20.8. The molecule has 6 aliphatic rings. The summed E-state index contributed by atoms with van der Waals surface area (Å²) in [6.07, 6.45) is -62.2. The van der Waals surface area contributed by atoms with Crippen LogP contribution in [0.1, 0.15) is 27.7 Å². The quantitative estimate of drug-likeness (QED) is 0.0452. The summed E-state index contributed by atoms with van der Waals surface area (Å²) in [5.74, 6) is -1.81. The van der Waals surface area contributed by atoms with Gasteiger partial charge in [-0.05, 0) is 13.8 Å². The van der Waals surface area contributed by atoms with Crippen molar-refractivity contribution in [1.82, 2.24) is 10.6 Å². The summed E-state index contributed by atoms with van der Waals surface area (Å²) in [6, 6.07) is -3.73. The molecule has 2 amide bonds. The Morgan fingerprint density at radius 1 is 0.390 bits per heavy atom. The van der Waals surface area contributed by atoms with E-state index < -0.39 is 260 Å². The van der Waals surface area contributed by atoms with Gasteiger partial charge in [-0.25, -0.2) is 0 Å². The fraction of sp³-hybridized carbons (Fsp3) is 0.957. The van der Waals surface area contributed by atoms with Gasteiger partial charge in [0.2, 0.25) is 11.8 Å². The number of carbonyl (C=O) groups excluding carboxylic acids is 2. The van der Waals surface area contributed by atoms with Crippen molar-refractivity contribution in [3.05, 3.63) is 0 Å². The van der Waals surface area contributed by atoms with E-state index in [-0.39, 0.29) is 0 Å². The zero-order chi connectivity index (χ0) is 60.9. The molecule has 6 saturated heterocycles. The van der Waals surface area contributed by atoms with Crippen LogP contribution in [-0.2, 0) is 66.4 Å². The molecule has 0 radical (unpaired) electrons. The lowest BCUT2D eigenvalue weighted by Crippen LogP contribution is -2.71. The molecule has 478 valence electrons. The molecule has 36 heteroatoms. The lowest BCUT2D eigenvalue weighted by molar-refractivity contribution is -0.400. The Hall–Kier alpha value is -2.34. The number of hydrogen-bond acceptors (Lipinski definition) is 34. The number of carbonyl (C=O) groups is 2. The molecule has 0 unspecified atom stereocenters. The molecule has 0 aromatic heterocycles. The highest BCUT2D eigenvalue weighted by atomic mass is 16.8. The van der Waals surface area contributed by atoms with Crippen LogP contribution in [0.25, 0.3) is 0 Å². The van der Waals surface area contributed by atoms with Gasteiger partial charge in [-0.2, -0.15) is 0 Å². The van der Waals surface area contributed by atoms with Crippen LogP contribution in [0, 0.1) is 0 Å². The van der Waals surface area contributed by atoms with Gasteiger partial charge in [0.05, 0.1) is 51.8 Å². The number of rotatable bonds is 23. The molecular formula is C46H80N2O34. The van der Waals surface area contributed by atoms with E-state index in [1.165, 1.54) is 13.8 Å². The molecule has 82 heavy (non-hydrogen) atoms. The third-order valence-corrected chi connectivity index (χ3v) is 14.9. The van der Waals surface area contributed by atoms with E-state index in [0.717, 1.165) is 13.8 Å². The maximum absolute atomic E-state index is 13.2. The van der Waals surface area contributed by atoms with Crippen molar-refractivity contribution < 1.29 is 169 Å². The van der Waals surface area contributed by atoms with E-state index in [9.17, 15) is 112 Å². The van der Waals surface area contributed by atoms with E-state index in [0.29, 0.717) is 0 Å². The number of ether oxygens (including phenoxy) is 12. The minimum Gasteiger partial charge on any atom is -0.394 e. The Balaban J connectivity index is 1.35. The number of aliphatic hydroxyl groups is 20. The normalized spacial score (nSPS) is 47.2. The Bertz CT molecular complexity index is 1980. The van der Waals surface area contributed by atoms with Gasteiger partial charge in [0.25, 0.3) is 0 Å². The van der Waals surface area contributed by atoms with Gasteiger partial charge in [0.15, 0.2) is 37.7 Å². The van der Waals surface area contributed by atoms with Crippen molar-refractivity contribution in [3.8, 4) is 0 Å². The van der Waals surface area contributed by atoms with Crippen molar-refractivity contribution in [2.45, 2.75) is 236 Å². The highest BCUT2D eigenvalue weighted by molar-refractivity contribution is 5.73. The van der Waals surface area contributed by atoms with Crippen LogP contribution in [0.5, 0.6) is 0 Å². The maximum atomic E-state index is 13.2. The second-order valence-corrected chi connectivity index (χ2v) is 20.8. The standard InChI is InChI=1S/C46H80N2O34/c1-11-23(59)29(65)32(68)43(71-11)80-38-22(48-14(4)56)42(76-20(10-54)37(38)79-46-40(31(67)26(62)17(7-51)74-46)82-44-33(69)30(66)24(60)12(2)72-44)81-39-27(63)18(8-52)73-45(34(39)70)78-36-19(9-53)75-41(21(28(36)64)47-13(3)55)77-35(16(58)6-50)25(61)15(57)5-49/h11-12,15-46,49-54,57-70H,5-10H2,1-4H3,(H,47,55)(H,48,56)/t11-,12-,15-,16+,17+,18+,19+,20+,21+,22+,23+,24+,25+,26-,27-,28+,29+,30+,31-,32-,33-,34+,35+,36+,37+,38+,39-,40+,41-,42-,43-,44-,45-,46-/m0/s1. The first-order chi connectivity index (χ1) is 38.7. The summed E-state index contributed by atoms with van der Waals surface area (Å²) in [7, 11) is 0. The highest BCUT2D eigenvalue weighted by Gasteiger charge is 2.59. The second kappa shape index (κ2) is 30.0. The number of aliphatic hydroxyl groups excluding tert-OH is 20. The Morgan fingerprint density at radius 3 is 1.32 bits per heavy atom. The first kappa shape index (κ1) is 68.8. The molecule has 0 bridgehead atoms. The van der Waals surface area contributed by atoms with Crippen LogP contribution < -0.4 is 10.6 Å². The van der Waals surface area contributed by atoms with Crippen molar-refractivity contribution in [1.29, 1.82) is 0 Å². The zero-order valence-corrected chi connectivity index (χ0v) is 44.5. The largest absolute Gasteiger partial charge is 0.394 e. The Morgan fingerprint density at radius 2 is 0.805 bits per heavy atom. The van der Waals surface area contributed by atoms with E-state index in [2.05, 4.69) is 10.6 Å². The van der Waals surface area contributed by atoms with Gasteiger partial charge in [-0.1, -0.05) is 0 Å². The minimum atomic E-state index is -2.32. The third-order valence-electron chi connectivity index (χ3n) is 14.9. The molecule has 6 rings (SSSR count). The molecule has 0 aliphatic carbocycles. The molecule has 6 fully saturated rings.